The first-order chi connectivity index (χ1) is 22.7. The van der Waals surface area contributed by atoms with Crippen molar-refractivity contribution in [2.45, 2.75) is 104 Å². The number of amides is 3. The van der Waals surface area contributed by atoms with Crippen LogP contribution >= 0.6 is 11.3 Å². The lowest BCUT2D eigenvalue weighted by atomic mass is 9.95. The summed E-state index contributed by atoms with van der Waals surface area (Å²) in [6, 6.07) is 9.29. The molecule has 2 aromatic rings. The lowest BCUT2D eigenvalue weighted by molar-refractivity contribution is -0.141. The molecule has 270 valence electrons. The Bertz CT molecular complexity index is 1240. The molecule has 4 atom stereocenters. The zero-order valence-corrected chi connectivity index (χ0v) is 31.0. The van der Waals surface area contributed by atoms with Gasteiger partial charge in [-0.05, 0) is 56.7 Å². The fraction of sp³-hybridized carbons (Fsp3) is 0.639. The fourth-order valence-electron chi connectivity index (χ4n) is 5.27. The van der Waals surface area contributed by atoms with Gasteiger partial charge in [-0.25, -0.2) is 4.98 Å². The average molecular weight is 690 g/mol. The number of ether oxygens (including phenoxy) is 1. The molecule has 0 radical (unpaired) electrons. The Labute approximate surface area is 291 Å². The first-order valence-electron chi connectivity index (χ1n) is 16.9. The molecule has 1 heterocycles. The zero-order valence-electron chi connectivity index (χ0n) is 30.2. The summed E-state index contributed by atoms with van der Waals surface area (Å²) < 4.78 is 5.77. The maximum Gasteiger partial charge on any atom is 0.306 e. The van der Waals surface area contributed by atoms with Crippen molar-refractivity contribution in [1.82, 2.24) is 20.5 Å². The van der Waals surface area contributed by atoms with Crippen LogP contribution in [0.2, 0.25) is 0 Å². The van der Waals surface area contributed by atoms with Gasteiger partial charge in [0.2, 0.25) is 11.8 Å². The first-order valence-corrected chi connectivity index (χ1v) is 17.8. The van der Waals surface area contributed by atoms with Gasteiger partial charge in [0.25, 0.3) is 5.91 Å². The number of thiazole rings is 1. The molecule has 0 aliphatic rings. The smallest absolute Gasteiger partial charge is 0.306 e. The highest BCUT2D eigenvalue weighted by atomic mass is 32.1. The Kier molecular flexibility index (Phi) is 20.5. The predicted octanol–water partition coefficient (Wildman–Crippen LogP) is 5.45. The number of hydrogen-bond acceptors (Lipinski definition) is 8. The number of unbranched alkanes of at least 4 members (excludes halogenated alkanes) is 2. The third kappa shape index (κ3) is 16.7. The van der Waals surface area contributed by atoms with Crippen molar-refractivity contribution in [3.05, 3.63) is 52.0 Å². The van der Waals surface area contributed by atoms with Crippen molar-refractivity contribution in [3.8, 4) is 0 Å². The highest BCUT2D eigenvalue weighted by Gasteiger charge is 2.29. The molecule has 0 aliphatic heterocycles. The number of carbonyl (C=O) groups excluding carboxylic acids is 3. The maximum atomic E-state index is 13.1. The molecule has 0 aliphatic carbocycles. The molecule has 0 fully saturated rings. The molecule has 3 amide bonds. The second-order valence-corrected chi connectivity index (χ2v) is 14.1. The molecule has 1 aromatic carbocycles. The number of carboxylic acids is 1. The zero-order chi connectivity index (χ0) is 36.2. The van der Waals surface area contributed by atoms with Crippen molar-refractivity contribution in [2.75, 3.05) is 27.7 Å². The highest BCUT2D eigenvalue weighted by Crippen LogP contribution is 2.30. The van der Waals surface area contributed by atoms with Crippen molar-refractivity contribution < 1.29 is 29.0 Å². The Morgan fingerprint density at radius 2 is 1.69 bits per heavy atom. The molecule has 2 rings (SSSR count). The van der Waals surface area contributed by atoms with Gasteiger partial charge in [0.15, 0.2) is 0 Å². The van der Waals surface area contributed by atoms with Crippen LogP contribution < -0.4 is 16.4 Å². The van der Waals surface area contributed by atoms with Crippen LogP contribution in [0.1, 0.15) is 107 Å². The van der Waals surface area contributed by atoms with Crippen LogP contribution in [0.3, 0.4) is 0 Å². The van der Waals surface area contributed by atoms with Gasteiger partial charge >= 0.3 is 5.97 Å². The summed E-state index contributed by atoms with van der Waals surface area (Å²) in [4.78, 5) is 54.0. The van der Waals surface area contributed by atoms with Gasteiger partial charge in [0.1, 0.15) is 16.8 Å². The van der Waals surface area contributed by atoms with Crippen LogP contribution in [0.25, 0.3) is 0 Å². The highest BCUT2D eigenvalue weighted by molar-refractivity contribution is 7.09. The standard InChI is InChI=1S/C29H43N3O5S.C7H16N2O/c1-18(2)13-26(33)32(6)24(19(3)4)16-25(37-7)28-31-23(17-38-28)27(34)30-22(14-20(5)29(35)36)15-21-11-9-8-10-12-21;1-9-6-4-2-3-5-7(8)10/h8-12,17-20,22,24-25H,13-16H2,1-7H3,(H,30,34)(H,35,36);9H,2-6H2,1H3,(H2,8,10). The Morgan fingerprint density at radius 1 is 1.02 bits per heavy atom. The van der Waals surface area contributed by atoms with Crippen molar-refractivity contribution in [2.24, 2.45) is 23.5 Å². The number of methoxy groups -OCH3 is 1. The Hall–Kier alpha value is -3.35. The molecule has 1 aromatic heterocycles. The first kappa shape index (κ1) is 42.7. The van der Waals surface area contributed by atoms with E-state index in [0.29, 0.717) is 37.1 Å². The van der Waals surface area contributed by atoms with Gasteiger partial charge < -0.3 is 31.1 Å². The van der Waals surface area contributed by atoms with Crippen molar-refractivity contribution >= 4 is 35.0 Å². The van der Waals surface area contributed by atoms with E-state index >= 15 is 0 Å². The van der Waals surface area contributed by atoms with Gasteiger partial charge in [0.05, 0.1) is 5.92 Å². The van der Waals surface area contributed by atoms with Gasteiger partial charge in [-0.1, -0.05) is 71.4 Å². The number of nitrogens with zero attached hydrogens (tertiary/aromatic N) is 2. The van der Waals surface area contributed by atoms with Gasteiger partial charge in [-0.3, -0.25) is 19.2 Å². The molecule has 0 saturated heterocycles. The lowest BCUT2D eigenvalue weighted by Gasteiger charge is -2.33. The van der Waals surface area contributed by atoms with E-state index in [-0.39, 0.29) is 53.4 Å². The van der Waals surface area contributed by atoms with E-state index in [2.05, 4.69) is 29.5 Å². The van der Waals surface area contributed by atoms with Crippen molar-refractivity contribution in [1.29, 1.82) is 0 Å². The summed E-state index contributed by atoms with van der Waals surface area (Å²) in [7, 11) is 5.38. The quantitative estimate of drug-likeness (QED) is 0.126. The van der Waals surface area contributed by atoms with E-state index in [1.807, 2.05) is 63.2 Å². The van der Waals surface area contributed by atoms with Crippen LogP contribution in [-0.2, 0) is 25.5 Å². The third-order valence-electron chi connectivity index (χ3n) is 8.08. The SMILES string of the molecule is CNCCCCCC(N)=O.COC(CC(C(C)C)N(C)C(=O)CC(C)C)c1nc(C(=O)NC(Cc2ccccc2)CC(C)C(=O)O)cs1. The van der Waals surface area contributed by atoms with E-state index in [1.165, 1.54) is 11.3 Å². The normalized spacial score (nSPS) is 13.6. The predicted molar refractivity (Wildman–Crippen MR) is 192 cm³/mol. The topological polar surface area (TPSA) is 164 Å². The maximum absolute atomic E-state index is 13.1. The number of primary amides is 1. The van der Waals surface area contributed by atoms with E-state index in [1.54, 1.807) is 19.4 Å². The molecule has 4 unspecified atom stereocenters. The summed E-state index contributed by atoms with van der Waals surface area (Å²) >= 11 is 1.35. The molecular formula is C36H59N5O6S. The minimum atomic E-state index is -0.896. The van der Waals surface area contributed by atoms with E-state index < -0.39 is 11.9 Å². The van der Waals surface area contributed by atoms with Gasteiger partial charge in [-0.2, -0.15) is 0 Å². The van der Waals surface area contributed by atoms with Crippen LogP contribution in [0.15, 0.2) is 35.7 Å². The molecule has 5 N–H and O–H groups in total. The molecule has 11 nitrogen and oxygen atoms in total. The number of nitrogens with one attached hydrogen (secondary N) is 2. The molecule has 0 spiro atoms. The number of carbonyl (C=O) groups is 4. The van der Waals surface area contributed by atoms with E-state index in [0.717, 1.165) is 31.4 Å². The average Bonchev–Trinajstić information content (AvgIpc) is 3.51. The molecule has 0 bridgehead atoms. The number of rotatable bonds is 21. The Morgan fingerprint density at radius 3 is 2.23 bits per heavy atom. The van der Waals surface area contributed by atoms with Crippen LogP contribution in [0, 0.1) is 17.8 Å². The summed E-state index contributed by atoms with van der Waals surface area (Å²) in [5, 5.41) is 17.8. The van der Waals surface area contributed by atoms with Crippen LogP contribution in [0.4, 0.5) is 0 Å². The van der Waals surface area contributed by atoms with Gasteiger partial charge in [0, 0.05) is 50.9 Å². The van der Waals surface area contributed by atoms with Crippen molar-refractivity contribution in [3.63, 3.8) is 0 Å². The number of aliphatic carboxylic acids is 1. The fourth-order valence-corrected chi connectivity index (χ4v) is 6.16. The second kappa shape index (κ2) is 23.1. The lowest BCUT2D eigenvalue weighted by Crippen LogP contribution is -2.42. The number of carboxylic acid groups (broad SMARTS) is 1. The van der Waals surface area contributed by atoms with Crippen LogP contribution in [0.5, 0.6) is 0 Å². The largest absolute Gasteiger partial charge is 0.481 e. The number of nitrogens with two attached hydrogens (primary N) is 1. The molecule has 48 heavy (non-hydrogen) atoms. The summed E-state index contributed by atoms with van der Waals surface area (Å²) in [5.41, 5.74) is 6.25. The third-order valence-corrected chi connectivity index (χ3v) is 9.02. The minimum absolute atomic E-state index is 0.0415. The van der Waals surface area contributed by atoms with E-state index in [4.69, 9.17) is 10.5 Å². The summed E-state index contributed by atoms with van der Waals surface area (Å²) in [6.45, 7) is 10.9. The Balaban J connectivity index is 0.000000993. The van der Waals surface area contributed by atoms with Gasteiger partial charge in [-0.15, -0.1) is 11.3 Å². The monoisotopic (exact) mass is 689 g/mol. The number of benzene rings is 1. The number of aromatic nitrogens is 1. The summed E-state index contributed by atoms with van der Waals surface area (Å²) in [6.07, 6.45) is 5.19. The van der Waals surface area contributed by atoms with E-state index in [9.17, 15) is 24.3 Å². The molecule has 0 saturated carbocycles. The molecule has 12 heteroatoms. The summed E-state index contributed by atoms with van der Waals surface area (Å²) in [5.74, 6) is -1.43. The van der Waals surface area contributed by atoms with Crippen LogP contribution in [-0.4, -0.2) is 78.5 Å². The number of hydrogen-bond donors (Lipinski definition) is 4. The minimum Gasteiger partial charge on any atom is -0.481 e. The second-order valence-electron chi connectivity index (χ2n) is 13.2. The molecular weight excluding hydrogens is 630 g/mol.